The molecule has 0 radical (unpaired) electrons. The highest BCUT2D eigenvalue weighted by Crippen LogP contribution is 2.29. The summed E-state index contributed by atoms with van der Waals surface area (Å²) in [6, 6.07) is 1.87. The summed E-state index contributed by atoms with van der Waals surface area (Å²) >= 11 is 0. The lowest BCUT2D eigenvalue weighted by atomic mass is 10.2. The molecule has 3 amide bonds. The molecule has 1 fully saturated rings. The molecule has 1 aromatic rings. The first kappa shape index (κ1) is 20.9. The van der Waals surface area contributed by atoms with Gasteiger partial charge >= 0.3 is 12.2 Å². The average molecular weight is 387 g/mol. The molecule has 1 saturated heterocycles. The van der Waals surface area contributed by atoms with E-state index in [0.717, 1.165) is 25.1 Å². The first-order valence-electron chi connectivity index (χ1n) is 8.88. The predicted molar refractivity (Wildman–Crippen MR) is 94.3 cm³/mol. The fourth-order valence-corrected chi connectivity index (χ4v) is 2.67. The molecule has 10 heteroatoms. The molecule has 27 heavy (non-hydrogen) atoms. The average Bonchev–Trinajstić information content (AvgIpc) is 2.62. The van der Waals surface area contributed by atoms with Gasteiger partial charge in [0.2, 0.25) is 5.91 Å². The van der Waals surface area contributed by atoms with Crippen molar-refractivity contribution in [2.24, 2.45) is 0 Å². The number of halogens is 3. The lowest BCUT2D eigenvalue weighted by Gasteiger charge is -2.35. The number of urea groups is 1. The van der Waals surface area contributed by atoms with E-state index in [-0.39, 0.29) is 12.5 Å². The van der Waals surface area contributed by atoms with Crippen LogP contribution >= 0.6 is 0 Å². The van der Waals surface area contributed by atoms with Crippen LogP contribution in [0.2, 0.25) is 0 Å². The van der Waals surface area contributed by atoms with Crippen LogP contribution in [0.15, 0.2) is 18.3 Å². The maximum absolute atomic E-state index is 12.6. The first-order chi connectivity index (χ1) is 12.8. The van der Waals surface area contributed by atoms with Crippen molar-refractivity contribution >= 4 is 17.8 Å². The first-order valence-corrected chi connectivity index (χ1v) is 8.88. The number of carbonyl (C=O) groups is 2. The summed E-state index contributed by atoms with van der Waals surface area (Å²) in [4.78, 5) is 31.1. The Balaban J connectivity index is 1.75. The van der Waals surface area contributed by atoms with Crippen molar-refractivity contribution in [2.45, 2.75) is 25.9 Å². The highest BCUT2D eigenvalue weighted by molar-refractivity contribution is 5.95. The molecule has 150 valence electrons. The molecule has 0 atom stereocenters. The highest BCUT2D eigenvalue weighted by atomic mass is 19.4. The van der Waals surface area contributed by atoms with Gasteiger partial charge in [-0.15, -0.1) is 0 Å². The summed E-state index contributed by atoms with van der Waals surface area (Å²) in [7, 11) is 0. The second kappa shape index (κ2) is 9.54. The van der Waals surface area contributed by atoms with E-state index in [9.17, 15) is 22.8 Å². The lowest BCUT2D eigenvalue weighted by molar-refractivity contribution is -0.137. The standard InChI is InChI=1S/C17H24F3N5O2/c1-2-3-6-21-16(27)23-15(26)12-24-7-9-25(10-8-24)14-5-4-13(11-22-14)17(18,19)20/h4-5,11H,2-3,6-10,12H2,1H3,(H2,21,23,26,27). The van der Waals surface area contributed by atoms with Crippen molar-refractivity contribution in [3.8, 4) is 0 Å². The fraction of sp³-hybridized carbons (Fsp3) is 0.588. The second-order valence-electron chi connectivity index (χ2n) is 6.32. The van der Waals surface area contributed by atoms with Crippen LogP contribution in [-0.2, 0) is 11.0 Å². The summed E-state index contributed by atoms with van der Waals surface area (Å²) < 4.78 is 37.8. The summed E-state index contributed by atoms with van der Waals surface area (Å²) in [6.07, 6.45) is -1.78. The predicted octanol–water partition coefficient (Wildman–Crippen LogP) is 1.85. The SMILES string of the molecule is CCCCNC(=O)NC(=O)CN1CCN(c2ccc(C(F)(F)F)cn2)CC1. The number of pyridine rings is 1. The molecule has 7 nitrogen and oxygen atoms in total. The summed E-state index contributed by atoms with van der Waals surface area (Å²) in [5, 5.41) is 4.90. The van der Waals surface area contributed by atoms with E-state index in [0.29, 0.717) is 38.5 Å². The zero-order valence-corrected chi connectivity index (χ0v) is 15.2. The van der Waals surface area contributed by atoms with E-state index in [4.69, 9.17) is 0 Å². The number of hydrogen-bond donors (Lipinski definition) is 2. The van der Waals surface area contributed by atoms with Gasteiger partial charge in [-0.25, -0.2) is 9.78 Å². The zero-order valence-electron chi connectivity index (χ0n) is 15.2. The van der Waals surface area contributed by atoms with Crippen LogP contribution in [0.1, 0.15) is 25.3 Å². The van der Waals surface area contributed by atoms with Gasteiger partial charge < -0.3 is 10.2 Å². The van der Waals surface area contributed by atoms with Gasteiger partial charge in [0.15, 0.2) is 0 Å². The number of hydrogen-bond acceptors (Lipinski definition) is 5. The largest absolute Gasteiger partial charge is 0.417 e. The van der Waals surface area contributed by atoms with Gasteiger partial charge in [-0.05, 0) is 18.6 Å². The van der Waals surface area contributed by atoms with Crippen molar-refractivity contribution < 1.29 is 22.8 Å². The van der Waals surface area contributed by atoms with Gasteiger partial charge in [0.25, 0.3) is 0 Å². The Kier molecular flexibility index (Phi) is 7.40. The molecule has 2 rings (SSSR count). The van der Waals surface area contributed by atoms with E-state index in [1.165, 1.54) is 6.07 Å². The van der Waals surface area contributed by atoms with Gasteiger partial charge in [0.1, 0.15) is 5.82 Å². The molecular weight excluding hydrogens is 363 g/mol. The molecule has 0 bridgehead atoms. The molecule has 0 unspecified atom stereocenters. The topological polar surface area (TPSA) is 77.6 Å². The van der Waals surface area contributed by atoms with Gasteiger partial charge in [-0.3, -0.25) is 15.0 Å². The van der Waals surface area contributed by atoms with E-state index in [1.807, 2.05) is 16.7 Å². The number of piperazine rings is 1. The minimum Gasteiger partial charge on any atom is -0.354 e. The van der Waals surface area contributed by atoms with Gasteiger partial charge in [0.05, 0.1) is 12.1 Å². The van der Waals surface area contributed by atoms with Crippen LogP contribution in [0, 0.1) is 0 Å². The smallest absolute Gasteiger partial charge is 0.354 e. The Hall–Kier alpha value is -2.36. The molecule has 1 aliphatic rings. The molecule has 2 N–H and O–H groups in total. The summed E-state index contributed by atoms with van der Waals surface area (Å²) in [5.74, 6) is 0.0903. The summed E-state index contributed by atoms with van der Waals surface area (Å²) in [6.45, 7) is 4.79. The molecule has 1 aliphatic heterocycles. The van der Waals surface area contributed by atoms with Crippen LogP contribution < -0.4 is 15.5 Å². The quantitative estimate of drug-likeness (QED) is 0.729. The Bertz CT molecular complexity index is 628. The lowest BCUT2D eigenvalue weighted by Crippen LogP contribution is -2.51. The maximum atomic E-state index is 12.6. The molecule has 0 spiro atoms. The van der Waals surface area contributed by atoms with E-state index in [2.05, 4.69) is 15.6 Å². The fourth-order valence-electron chi connectivity index (χ4n) is 2.67. The van der Waals surface area contributed by atoms with Crippen LogP contribution in [-0.4, -0.2) is 61.1 Å². The van der Waals surface area contributed by atoms with Crippen LogP contribution in [0.3, 0.4) is 0 Å². The minimum atomic E-state index is -4.40. The van der Waals surface area contributed by atoms with Crippen molar-refractivity contribution in [1.29, 1.82) is 0 Å². The number of amides is 3. The molecule has 0 aromatic carbocycles. The van der Waals surface area contributed by atoms with Crippen molar-refractivity contribution in [3.05, 3.63) is 23.9 Å². The van der Waals surface area contributed by atoms with Crippen molar-refractivity contribution in [1.82, 2.24) is 20.5 Å². The third-order valence-electron chi connectivity index (χ3n) is 4.21. The van der Waals surface area contributed by atoms with Crippen molar-refractivity contribution in [2.75, 3.05) is 44.2 Å². The van der Waals surface area contributed by atoms with E-state index >= 15 is 0 Å². The molecule has 0 aliphatic carbocycles. The highest BCUT2D eigenvalue weighted by Gasteiger charge is 2.31. The second-order valence-corrected chi connectivity index (χ2v) is 6.32. The molecule has 0 saturated carbocycles. The van der Waals surface area contributed by atoms with Crippen LogP contribution in [0.25, 0.3) is 0 Å². The number of unbranched alkanes of at least 4 members (excludes halogenated alkanes) is 1. The monoisotopic (exact) mass is 387 g/mol. The Labute approximate surface area is 155 Å². The van der Waals surface area contributed by atoms with Gasteiger partial charge in [-0.1, -0.05) is 13.3 Å². The zero-order chi connectivity index (χ0) is 19.9. The number of nitrogens with zero attached hydrogens (tertiary/aromatic N) is 3. The minimum absolute atomic E-state index is 0.0927. The number of rotatable bonds is 6. The van der Waals surface area contributed by atoms with Crippen LogP contribution in [0.4, 0.5) is 23.8 Å². The third kappa shape index (κ3) is 6.70. The molecule has 1 aromatic heterocycles. The third-order valence-corrected chi connectivity index (χ3v) is 4.21. The van der Waals surface area contributed by atoms with Crippen molar-refractivity contribution in [3.63, 3.8) is 0 Å². The Morgan fingerprint density at radius 2 is 1.89 bits per heavy atom. The molecule has 2 heterocycles. The number of anilines is 1. The Morgan fingerprint density at radius 1 is 1.19 bits per heavy atom. The van der Waals surface area contributed by atoms with E-state index < -0.39 is 17.8 Å². The number of imide groups is 1. The Morgan fingerprint density at radius 3 is 2.44 bits per heavy atom. The number of aromatic nitrogens is 1. The van der Waals surface area contributed by atoms with Crippen LogP contribution in [0.5, 0.6) is 0 Å². The number of carbonyl (C=O) groups excluding carboxylic acids is 2. The number of alkyl halides is 3. The van der Waals surface area contributed by atoms with Gasteiger partial charge in [0, 0.05) is 38.9 Å². The molecular formula is C17H24F3N5O2. The maximum Gasteiger partial charge on any atom is 0.417 e. The number of nitrogens with one attached hydrogen (secondary N) is 2. The normalized spacial score (nSPS) is 15.5. The van der Waals surface area contributed by atoms with Gasteiger partial charge in [-0.2, -0.15) is 13.2 Å². The van der Waals surface area contributed by atoms with E-state index in [1.54, 1.807) is 0 Å². The summed E-state index contributed by atoms with van der Waals surface area (Å²) in [5.41, 5.74) is -0.779.